The molecule has 2 rings (SSSR count). The highest BCUT2D eigenvalue weighted by atomic mass is 32.2. The highest BCUT2D eigenvalue weighted by Crippen LogP contribution is 2.24. The molecule has 0 bridgehead atoms. The predicted octanol–water partition coefficient (Wildman–Crippen LogP) is -0.785. The average molecular weight is 285 g/mol. The van der Waals surface area contributed by atoms with Crippen molar-refractivity contribution in [3.63, 3.8) is 0 Å². The summed E-state index contributed by atoms with van der Waals surface area (Å²) in [6.07, 6.45) is 1.64. The van der Waals surface area contributed by atoms with Crippen molar-refractivity contribution in [1.29, 1.82) is 0 Å². The third-order valence-corrected chi connectivity index (χ3v) is 3.88. The molecule has 1 unspecified atom stereocenters. The van der Waals surface area contributed by atoms with Gasteiger partial charge in [-0.25, -0.2) is 18.5 Å². The monoisotopic (exact) mass is 285 g/mol. The Morgan fingerprint density at radius 3 is 2.89 bits per heavy atom. The number of carbonyl (C=O) groups is 1. The number of amides is 1. The Bertz CT molecular complexity index is 587. The molecular weight excluding hydrogens is 270 g/mol. The van der Waals surface area contributed by atoms with Crippen LogP contribution in [0, 0.1) is 5.92 Å². The van der Waals surface area contributed by atoms with Crippen molar-refractivity contribution in [2.75, 3.05) is 17.2 Å². The summed E-state index contributed by atoms with van der Waals surface area (Å²) >= 11 is 0. The first-order valence-corrected chi connectivity index (χ1v) is 7.47. The lowest BCUT2D eigenvalue weighted by atomic mass is 10.1. The fourth-order valence-electron chi connectivity index (χ4n) is 2.15. The largest absolute Gasteiger partial charge is 0.392 e. The number of pyridine rings is 1. The van der Waals surface area contributed by atoms with Crippen molar-refractivity contribution in [2.45, 2.75) is 13.0 Å². The Morgan fingerprint density at radius 2 is 2.26 bits per heavy atom. The maximum atomic E-state index is 11.9. The normalized spacial score (nSPS) is 20.0. The summed E-state index contributed by atoms with van der Waals surface area (Å²) in [4.78, 5) is 17.3. The summed E-state index contributed by atoms with van der Waals surface area (Å²) in [5, 5.41) is 14.0. The summed E-state index contributed by atoms with van der Waals surface area (Å²) in [5.74, 6) is -0.290. The number of hydrogen-bond donors (Lipinski definition) is 2. The molecule has 1 atom stereocenters. The second-order valence-corrected chi connectivity index (χ2v) is 6.24. The molecule has 1 aromatic rings. The van der Waals surface area contributed by atoms with Gasteiger partial charge in [0.2, 0.25) is 15.9 Å². The Balaban J connectivity index is 2.15. The lowest BCUT2D eigenvalue weighted by Crippen LogP contribution is -2.28. The molecule has 1 fully saturated rings. The Kier molecular flexibility index (Phi) is 3.83. The first-order chi connectivity index (χ1) is 8.89. The standard InChI is InChI=1S/C11H15N3O4S/c12-19(17,18)7-9-4-11(16)14(5-9)10-3-8(6-15)1-2-13-10/h1-3,9,15H,4-7H2,(H2,12,17,18). The van der Waals surface area contributed by atoms with Gasteiger partial charge in [0, 0.05) is 25.1 Å². The van der Waals surface area contributed by atoms with Gasteiger partial charge in [-0.2, -0.15) is 0 Å². The maximum absolute atomic E-state index is 11.9. The summed E-state index contributed by atoms with van der Waals surface area (Å²) in [7, 11) is -3.59. The average Bonchev–Trinajstić information content (AvgIpc) is 2.68. The molecule has 104 valence electrons. The van der Waals surface area contributed by atoms with E-state index in [9.17, 15) is 13.2 Å². The van der Waals surface area contributed by atoms with E-state index >= 15 is 0 Å². The van der Waals surface area contributed by atoms with Crippen molar-refractivity contribution in [3.05, 3.63) is 23.9 Å². The Hall–Kier alpha value is -1.51. The third kappa shape index (κ3) is 3.49. The molecule has 1 saturated heterocycles. The van der Waals surface area contributed by atoms with Crippen molar-refractivity contribution in [3.8, 4) is 0 Å². The van der Waals surface area contributed by atoms with Gasteiger partial charge < -0.3 is 5.11 Å². The summed E-state index contributed by atoms with van der Waals surface area (Å²) in [6, 6.07) is 3.25. The fraction of sp³-hybridized carbons (Fsp3) is 0.455. The van der Waals surface area contributed by atoms with E-state index in [1.807, 2.05) is 0 Å². The van der Waals surface area contributed by atoms with E-state index in [0.29, 0.717) is 11.4 Å². The maximum Gasteiger partial charge on any atom is 0.228 e. The highest BCUT2D eigenvalue weighted by molar-refractivity contribution is 7.89. The molecule has 19 heavy (non-hydrogen) atoms. The molecule has 0 aliphatic carbocycles. The van der Waals surface area contributed by atoms with Crippen molar-refractivity contribution >= 4 is 21.7 Å². The number of sulfonamides is 1. The molecule has 1 aromatic heterocycles. The van der Waals surface area contributed by atoms with E-state index in [0.717, 1.165) is 0 Å². The fourth-order valence-corrected chi connectivity index (χ4v) is 3.03. The molecule has 1 aliphatic heterocycles. The zero-order chi connectivity index (χ0) is 14.0. The summed E-state index contributed by atoms with van der Waals surface area (Å²) in [5.41, 5.74) is 0.646. The van der Waals surface area contributed by atoms with E-state index in [2.05, 4.69) is 4.98 Å². The second-order valence-electron chi connectivity index (χ2n) is 4.58. The van der Waals surface area contributed by atoms with Gasteiger partial charge in [-0.15, -0.1) is 0 Å². The van der Waals surface area contributed by atoms with Crippen LogP contribution in [0.3, 0.4) is 0 Å². The van der Waals surface area contributed by atoms with Gasteiger partial charge in [0.15, 0.2) is 0 Å². The molecule has 1 aliphatic rings. The topological polar surface area (TPSA) is 114 Å². The Labute approximate surface area is 111 Å². The van der Waals surface area contributed by atoms with Gasteiger partial charge in [0.1, 0.15) is 5.82 Å². The number of nitrogens with two attached hydrogens (primary N) is 1. The van der Waals surface area contributed by atoms with Gasteiger partial charge in [-0.3, -0.25) is 9.69 Å². The number of carbonyl (C=O) groups excluding carboxylic acids is 1. The minimum atomic E-state index is -3.59. The summed E-state index contributed by atoms with van der Waals surface area (Å²) in [6.45, 7) is 0.134. The van der Waals surface area contributed by atoms with Crippen LogP contribution in [0.4, 0.5) is 5.82 Å². The first kappa shape index (κ1) is 13.9. The van der Waals surface area contributed by atoms with Gasteiger partial charge in [0.25, 0.3) is 0 Å². The first-order valence-electron chi connectivity index (χ1n) is 5.75. The third-order valence-electron chi connectivity index (χ3n) is 2.94. The highest BCUT2D eigenvalue weighted by Gasteiger charge is 2.33. The molecular formula is C11H15N3O4S. The van der Waals surface area contributed by atoms with Crippen LogP contribution in [-0.2, 0) is 21.4 Å². The zero-order valence-electron chi connectivity index (χ0n) is 10.2. The SMILES string of the molecule is NS(=O)(=O)CC1CC(=O)N(c2cc(CO)ccn2)C1. The van der Waals surface area contributed by atoms with Crippen LogP contribution in [0.2, 0.25) is 0 Å². The molecule has 0 aromatic carbocycles. The molecule has 0 radical (unpaired) electrons. The van der Waals surface area contributed by atoms with Crippen LogP contribution in [0.25, 0.3) is 0 Å². The number of hydrogen-bond acceptors (Lipinski definition) is 5. The van der Waals surface area contributed by atoms with Gasteiger partial charge in [-0.05, 0) is 17.7 Å². The molecule has 7 nitrogen and oxygen atoms in total. The van der Waals surface area contributed by atoms with E-state index in [1.54, 1.807) is 12.1 Å². The summed E-state index contributed by atoms with van der Waals surface area (Å²) < 4.78 is 22.1. The van der Waals surface area contributed by atoms with Crippen molar-refractivity contribution < 1.29 is 18.3 Å². The minimum Gasteiger partial charge on any atom is -0.392 e. The van der Waals surface area contributed by atoms with Crippen molar-refractivity contribution in [1.82, 2.24) is 4.98 Å². The lowest BCUT2D eigenvalue weighted by Gasteiger charge is -2.15. The lowest BCUT2D eigenvalue weighted by molar-refractivity contribution is -0.117. The number of aliphatic hydroxyl groups excluding tert-OH is 1. The zero-order valence-corrected chi connectivity index (χ0v) is 11.0. The number of anilines is 1. The van der Waals surface area contributed by atoms with Crippen LogP contribution in [0.15, 0.2) is 18.3 Å². The number of rotatable bonds is 4. The Morgan fingerprint density at radius 1 is 1.53 bits per heavy atom. The van der Waals surface area contributed by atoms with E-state index in [4.69, 9.17) is 10.2 Å². The number of aliphatic hydroxyl groups is 1. The molecule has 8 heteroatoms. The van der Waals surface area contributed by atoms with Crippen LogP contribution >= 0.6 is 0 Å². The molecule has 3 N–H and O–H groups in total. The number of aromatic nitrogens is 1. The van der Waals surface area contributed by atoms with Gasteiger partial charge in [-0.1, -0.05) is 0 Å². The van der Waals surface area contributed by atoms with E-state index < -0.39 is 10.0 Å². The molecule has 0 spiro atoms. The molecule has 0 saturated carbocycles. The predicted molar refractivity (Wildman–Crippen MR) is 68.6 cm³/mol. The molecule has 1 amide bonds. The van der Waals surface area contributed by atoms with Gasteiger partial charge >= 0.3 is 0 Å². The van der Waals surface area contributed by atoms with Crippen LogP contribution in [-0.4, -0.2) is 36.7 Å². The van der Waals surface area contributed by atoms with Crippen LogP contribution < -0.4 is 10.0 Å². The second kappa shape index (κ2) is 5.24. The van der Waals surface area contributed by atoms with Crippen molar-refractivity contribution in [2.24, 2.45) is 11.1 Å². The quantitative estimate of drug-likeness (QED) is 0.753. The van der Waals surface area contributed by atoms with Crippen LogP contribution in [0.1, 0.15) is 12.0 Å². The van der Waals surface area contributed by atoms with Crippen LogP contribution in [0.5, 0.6) is 0 Å². The smallest absolute Gasteiger partial charge is 0.228 e. The minimum absolute atomic E-state index is 0.140. The molecule has 2 heterocycles. The van der Waals surface area contributed by atoms with E-state index in [-0.39, 0.29) is 37.2 Å². The number of nitrogens with zero attached hydrogens (tertiary/aromatic N) is 2. The van der Waals surface area contributed by atoms with Gasteiger partial charge in [0.05, 0.1) is 12.4 Å². The number of primary sulfonamides is 1. The van der Waals surface area contributed by atoms with E-state index in [1.165, 1.54) is 11.1 Å².